The van der Waals surface area contributed by atoms with E-state index in [1.54, 1.807) is 12.4 Å². The van der Waals surface area contributed by atoms with E-state index in [-0.39, 0.29) is 11.3 Å². The normalized spacial score (nSPS) is 27.7. The number of rotatable bonds is 4. The Morgan fingerprint density at radius 3 is 2.77 bits per heavy atom. The molecule has 3 fully saturated rings. The molecule has 0 spiro atoms. The van der Waals surface area contributed by atoms with Crippen LogP contribution in [0.4, 0.5) is 5.95 Å². The van der Waals surface area contributed by atoms with Crippen molar-refractivity contribution < 1.29 is 9.53 Å². The summed E-state index contributed by atoms with van der Waals surface area (Å²) in [5.74, 6) is 1.33. The summed E-state index contributed by atoms with van der Waals surface area (Å²) in [5, 5.41) is 2.14. The third-order valence-corrected chi connectivity index (χ3v) is 7.65. The number of aromatic nitrogens is 2. The zero-order chi connectivity index (χ0) is 20.4. The number of fused-ring (bicyclic) bond motifs is 1. The standard InChI is InChI=1S/C22H29N5O2S/c28-20(26-9-11-29-12-10-26)22-5-2-8-25(16-19-4-1-13-30-19)14-18(22)15-27(17-22)21-23-6-3-7-24-21/h1,3-4,6-7,13,18H,2,5,8-12,14-17H2/t18-,22-/m1/s1. The van der Waals surface area contributed by atoms with E-state index in [4.69, 9.17) is 4.74 Å². The molecule has 0 saturated carbocycles. The lowest BCUT2D eigenvalue weighted by molar-refractivity contribution is -0.148. The Morgan fingerprint density at radius 2 is 2.00 bits per heavy atom. The maximum atomic E-state index is 13.9. The van der Waals surface area contributed by atoms with Crippen LogP contribution in [0.2, 0.25) is 0 Å². The van der Waals surface area contributed by atoms with Crippen molar-refractivity contribution in [2.24, 2.45) is 11.3 Å². The van der Waals surface area contributed by atoms with Gasteiger partial charge >= 0.3 is 0 Å². The van der Waals surface area contributed by atoms with Crippen LogP contribution in [0.15, 0.2) is 36.0 Å². The molecule has 3 aliphatic heterocycles. The lowest BCUT2D eigenvalue weighted by Gasteiger charge is -2.38. The van der Waals surface area contributed by atoms with Gasteiger partial charge in [0.05, 0.1) is 18.6 Å². The number of hydrogen-bond acceptors (Lipinski definition) is 7. The van der Waals surface area contributed by atoms with Gasteiger partial charge in [-0.25, -0.2) is 9.97 Å². The molecule has 8 heteroatoms. The first kappa shape index (κ1) is 19.9. The van der Waals surface area contributed by atoms with Crippen LogP contribution >= 0.6 is 11.3 Å². The topological polar surface area (TPSA) is 61.8 Å². The highest BCUT2D eigenvalue weighted by Gasteiger charge is 2.54. The number of hydrogen-bond donors (Lipinski definition) is 0. The second-order valence-electron chi connectivity index (χ2n) is 8.60. The maximum absolute atomic E-state index is 13.9. The van der Waals surface area contributed by atoms with Crippen LogP contribution in [0.3, 0.4) is 0 Å². The summed E-state index contributed by atoms with van der Waals surface area (Å²) in [6.45, 7) is 7.20. The lowest BCUT2D eigenvalue weighted by Crippen LogP contribution is -2.52. The molecule has 3 aliphatic rings. The number of morpholine rings is 1. The molecule has 160 valence electrons. The summed E-state index contributed by atoms with van der Waals surface area (Å²) in [7, 11) is 0. The summed E-state index contributed by atoms with van der Waals surface area (Å²) in [5.41, 5.74) is -0.360. The van der Waals surface area contributed by atoms with Gasteiger partial charge in [0.2, 0.25) is 11.9 Å². The number of nitrogens with zero attached hydrogens (tertiary/aromatic N) is 5. The van der Waals surface area contributed by atoms with E-state index >= 15 is 0 Å². The van der Waals surface area contributed by atoms with Gasteiger partial charge in [-0.3, -0.25) is 9.69 Å². The number of ether oxygens (including phenoxy) is 1. The molecule has 5 rings (SSSR count). The number of thiophene rings is 1. The van der Waals surface area contributed by atoms with Crippen molar-refractivity contribution in [3.05, 3.63) is 40.8 Å². The smallest absolute Gasteiger partial charge is 0.231 e. The minimum Gasteiger partial charge on any atom is -0.378 e. The number of amides is 1. The van der Waals surface area contributed by atoms with Crippen molar-refractivity contribution in [2.75, 3.05) is 57.4 Å². The summed E-state index contributed by atoms with van der Waals surface area (Å²) in [4.78, 5) is 31.1. The van der Waals surface area contributed by atoms with Crippen molar-refractivity contribution in [3.8, 4) is 0 Å². The van der Waals surface area contributed by atoms with E-state index in [0.29, 0.717) is 38.8 Å². The molecule has 0 unspecified atom stereocenters. The summed E-state index contributed by atoms with van der Waals surface area (Å²) < 4.78 is 5.51. The first-order valence-electron chi connectivity index (χ1n) is 10.9. The van der Waals surface area contributed by atoms with Crippen molar-refractivity contribution in [1.82, 2.24) is 19.8 Å². The van der Waals surface area contributed by atoms with Crippen molar-refractivity contribution in [1.29, 1.82) is 0 Å². The Hall–Kier alpha value is -2.03. The molecule has 7 nitrogen and oxygen atoms in total. The SMILES string of the molecule is O=C(N1CCOCC1)[C@@]12CCCN(Cc3cccs3)C[C@@H]1CN(c1ncccn1)C2. The van der Waals surface area contributed by atoms with Gasteiger partial charge < -0.3 is 14.5 Å². The Morgan fingerprint density at radius 1 is 1.17 bits per heavy atom. The van der Waals surface area contributed by atoms with Gasteiger partial charge in [-0.05, 0) is 36.9 Å². The molecule has 0 radical (unpaired) electrons. The van der Waals surface area contributed by atoms with E-state index < -0.39 is 0 Å². The second kappa shape index (κ2) is 8.61. The fourth-order valence-corrected chi connectivity index (χ4v) is 6.06. The maximum Gasteiger partial charge on any atom is 0.231 e. The Balaban J connectivity index is 1.42. The summed E-state index contributed by atoms with van der Waals surface area (Å²) in [6.07, 6.45) is 5.55. The van der Waals surface area contributed by atoms with Crippen LogP contribution < -0.4 is 4.90 Å². The van der Waals surface area contributed by atoms with E-state index in [0.717, 1.165) is 45.0 Å². The quantitative estimate of drug-likeness (QED) is 0.745. The number of carbonyl (C=O) groups is 1. The number of carbonyl (C=O) groups excluding carboxylic acids is 1. The predicted molar refractivity (Wildman–Crippen MR) is 116 cm³/mol. The average molecular weight is 428 g/mol. The zero-order valence-electron chi connectivity index (χ0n) is 17.3. The van der Waals surface area contributed by atoms with Gasteiger partial charge in [0.15, 0.2) is 0 Å². The highest BCUT2D eigenvalue weighted by atomic mass is 32.1. The fraction of sp³-hybridized carbons (Fsp3) is 0.591. The van der Waals surface area contributed by atoms with Crippen LogP contribution in [-0.4, -0.2) is 78.2 Å². The third-order valence-electron chi connectivity index (χ3n) is 6.79. The first-order chi connectivity index (χ1) is 14.7. The first-order valence-corrected chi connectivity index (χ1v) is 11.8. The van der Waals surface area contributed by atoms with Gasteiger partial charge in [0.25, 0.3) is 0 Å². The Kier molecular flexibility index (Phi) is 5.71. The summed E-state index contributed by atoms with van der Waals surface area (Å²) >= 11 is 1.81. The van der Waals surface area contributed by atoms with Crippen molar-refractivity contribution in [3.63, 3.8) is 0 Å². The van der Waals surface area contributed by atoms with Gasteiger partial charge in [-0.15, -0.1) is 11.3 Å². The molecule has 2 atom stereocenters. The highest BCUT2D eigenvalue weighted by Crippen LogP contribution is 2.45. The number of likely N-dealkylation sites (tertiary alicyclic amines) is 1. The molecule has 30 heavy (non-hydrogen) atoms. The minimum absolute atomic E-state index is 0.277. The van der Waals surface area contributed by atoms with E-state index in [9.17, 15) is 4.79 Å². The average Bonchev–Trinajstić information content (AvgIpc) is 3.40. The monoisotopic (exact) mass is 427 g/mol. The van der Waals surface area contributed by atoms with Crippen molar-refractivity contribution >= 4 is 23.2 Å². The fourth-order valence-electron chi connectivity index (χ4n) is 5.32. The van der Waals surface area contributed by atoms with Crippen LogP contribution in [0.1, 0.15) is 17.7 Å². The largest absolute Gasteiger partial charge is 0.378 e. The molecule has 2 aromatic rings. The Labute approximate surface area is 181 Å². The van der Waals surface area contributed by atoms with Crippen LogP contribution in [0, 0.1) is 11.3 Å². The molecule has 0 N–H and O–H groups in total. The zero-order valence-corrected chi connectivity index (χ0v) is 18.1. The predicted octanol–water partition coefficient (Wildman–Crippen LogP) is 2.12. The van der Waals surface area contributed by atoms with Gasteiger partial charge in [0.1, 0.15) is 0 Å². The third kappa shape index (κ3) is 3.84. The molecular formula is C22H29N5O2S. The molecule has 0 aromatic carbocycles. The molecule has 2 aromatic heterocycles. The second-order valence-corrected chi connectivity index (χ2v) is 9.64. The minimum atomic E-state index is -0.360. The summed E-state index contributed by atoms with van der Waals surface area (Å²) in [6, 6.07) is 6.17. The van der Waals surface area contributed by atoms with Crippen LogP contribution in [0.5, 0.6) is 0 Å². The highest BCUT2D eigenvalue weighted by molar-refractivity contribution is 7.09. The van der Waals surface area contributed by atoms with Gasteiger partial charge in [-0.2, -0.15) is 0 Å². The van der Waals surface area contributed by atoms with Crippen LogP contribution in [-0.2, 0) is 16.1 Å². The lowest BCUT2D eigenvalue weighted by atomic mass is 9.73. The molecular weight excluding hydrogens is 398 g/mol. The Bertz CT molecular complexity index is 842. The molecule has 0 bridgehead atoms. The molecule has 0 aliphatic carbocycles. The van der Waals surface area contributed by atoms with E-state index in [1.165, 1.54) is 4.88 Å². The van der Waals surface area contributed by atoms with Gasteiger partial charge in [-0.1, -0.05) is 6.07 Å². The number of anilines is 1. The van der Waals surface area contributed by atoms with Gasteiger partial charge in [0, 0.05) is 62.5 Å². The molecule has 1 amide bonds. The van der Waals surface area contributed by atoms with Crippen LogP contribution in [0.25, 0.3) is 0 Å². The molecule has 5 heterocycles. The van der Waals surface area contributed by atoms with E-state index in [1.807, 2.05) is 22.3 Å². The van der Waals surface area contributed by atoms with E-state index in [2.05, 4.69) is 37.3 Å². The molecule has 3 saturated heterocycles. The van der Waals surface area contributed by atoms with Crippen molar-refractivity contribution in [2.45, 2.75) is 19.4 Å².